The number of nitrogens with one attached hydrogen (secondary N) is 3. The average Bonchev–Trinajstić information content (AvgIpc) is 3.29. The van der Waals surface area contributed by atoms with Gasteiger partial charge in [0.25, 0.3) is 17.7 Å². The Morgan fingerprint density at radius 3 is 1.96 bits per heavy atom. The molecule has 0 aromatic carbocycles. The van der Waals surface area contributed by atoms with Gasteiger partial charge in [-0.3, -0.25) is 33.7 Å². The largest absolute Gasteiger partial charge is 0.363 e. The molecule has 14 nitrogen and oxygen atoms in total. The maximum absolute atomic E-state index is 14.5. The molecule has 270 valence electrons. The summed E-state index contributed by atoms with van der Waals surface area (Å²) in [6.45, 7) is 16.6. The maximum Gasteiger partial charge on any atom is 0.315 e. The van der Waals surface area contributed by atoms with E-state index in [9.17, 15) is 33.6 Å². The van der Waals surface area contributed by atoms with Crippen LogP contribution in [0.25, 0.3) is 0 Å². The summed E-state index contributed by atoms with van der Waals surface area (Å²) in [5.74, 6) is -4.11. The summed E-state index contributed by atoms with van der Waals surface area (Å²) >= 11 is 0. The highest BCUT2D eigenvalue weighted by atomic mass is 16.5. The Hall–Kier alpha value is -3.55. The summed E-state index contributed by atoms with van der Waals surface area (Å²) in [4.78, 5) is 94.2. The third-order valence-electron chi connectivity index (χ3n) is 9.99. The minimum Gasteiger partial charge on any atom is -0.363 e. The van der Waals surface area contributed by atoms with Gasteiger partial charge in [-0.15, -0.1) is 0 Å². The number of carbonyl (C=O) groups excluding carboxylic acids is 7. The first-order valence-electron chi connectivity index (χ1n) is 17.1. The zero-order valence-electron chi connectivity index (χ0n) is 30.0. The van der Waals surface area contributed by atoms with Gasteiger partial charge in [0.2, 0.25) is 17.6 Å². The molecule has 1 saturated carbocycles. The minimum absolute atomic E-state index is 0.00651. The predicted molar refractivity (Wildman–Crippen MR) is 177 cm³/mol. The summed E-state index contributed by atoms with van der Waals surface area (Å²) in [6, 6.07) is -4.44. The highest BCUT2D eigenvalue weighted by Gasteiger charge is 2.51. The van der Waals surface area contributed by atoms with Crippen LogP contribution in [0.3, 0.4) is 0 Å². The van der Waals surface area contributed by atoms with Crippen LogP contribution >= 0.6 is 0 Å². The molecule has 2 saturated heterocycles. The Morgan fingerprint density at radius 1 is 0.917 bits per heavy atom. The highest BCUT2D eigenvalue weighted by molar-refractivity contribution is 6.37. The van der Waals surface area contributed by atoms with Crippen molar-refractivity contribution in [2.24, 2.45) is 40.2 Å². The number of nitrogens with zero attached hydrogens (tertiary/aromatic N) is 2. The Morgan fingerprint density at radius 2 is 1.50 bits per heavy atom. The van der Waals surface area contributed by atoms with Crippen molar-refractivity contribution >= 4 is 41.4 Å². The Balaban J connectivity index is 1.86. The number of hydrogen-bond donors (Lipinski definition) is 4. The van der Waals surface area contributed by atoms with Gasteiger partial charge in [-0.05, 0) is 40.9 Å². The third kappa shape index (κ3) is 9.32. The molecule has 2 aliphatic heterocycles. The molecule has 3 rings (SSSR count). The summed E-state index contributed by atoms with van der Waals surface area (Å²) < 4.78 is 5.01. The highest BCUT2D eigenvalue weighted by Crippen LogP contribution is 2.38. The van der Waals surface area contributed by atoms with E-state index in [1.54, 1.807) is 20.8 Å². The van der Waals surface area contributed by atoms with E-state index in [4.69, 9.17) is 10.5 Å². The molecule has 0 aromatic rings. The number of nitrogens with two attached hydrogens (primary N) is 1. The van der Waals surface area contributed by atoms with Crippen molar-refractivity contribution in [2.45, 2.75) is 112 Å². The number of primary amides is 1. The second kappa shape index (κ2) is 15.3. The third-order valence-corrected chi connectivity index (χ3v) is 9.99. The molecule has 1 aliphatic carbocycles. The Labute approximate surface area is 284 Å². The van der Waals surface area contributed by atoms with Gasteiger partial charge in [-0.2, -0.15) is 0 Å². The van der Waals surface area contributed by atoms with Crippen LogP contribution in [0.15, 0.2) is 0 Å². The Bertz CT molecular complexity index is 1250. The van der Waals surface area contributed by atoms with E-state index in [2.05, 4.69) is 16.0 Å². The first-order valence-corrected chi connectivity index (χ1v) is 17.1. The van der Waals surface area contributed by atoms with Gasteiger partial charge in [0.1, 0.15) is 25.3 Å². The van der Waals surface area contributed by atoms with Gasteiger partial charge < -0.3 is 31.3 Å². The number of rotatable bonds is 12. The van der Waals surface area contributed by atoms with Crippen molar-refractivity contribution in [2.75, 3.05) is 26.3 Å². The SMILES string of the molecule is CC(C)[C@@H]1[C@@H](C(=O)NC(CC2CCC2)C(=O)C(N)=O)N(C(=O)[C@@H](NC(=O)N[C@H](CN2C(=O)COCC2=O)C(C)(C)C)C(C)(C)C)C[C@@H]1C. The molecule has 3 aliphatic rings. The molecule has 6 atom stereocenters. The van der Waals surface area contributed by atoms with Crippen molar-refractivity contribution in [3.8, 4) is 0 Å². The van der Waals surface area contributed by atoms with Gasteiger partial charge in [0.05, 0.1) is 12.1 Å². The average molecular weight is 677 g/mol. The minimum atomic E-state index is -1.12. The first kappa shape index (κ1) is 38.9. The van der Waals surface area contributed by atoms with Crippen molar-refractivity contribution in [3.63, 3.8) is 0 Å². The molecule has 0 radical (unpaired) electrons. The van der Waals surface area contributed by atoms with Crippen molar-refractivity contribution in [3.05, 3.63) is 0 Å². The fourth-order valence-electron chi connectivity index (χ4n) is 6.94. The number of likely N-dealkylation sites (tertiary alicyclic amines) is 1. The Kier molecular flexibility index (Phi) is 12.4. The van der Waals surface area contributed by atoms with E-state index in [1.165, 1.54) is 4.90 Å². The van der Waals surface area contributed by atoms with Crippen LogP contribution in [-0.4, -0.2) is 102 Å². The normalized spacial score (nSPS) is 24.1. The van der Waals surface area contributed by atoms with Gasteiger partial charge in [0.15, 0.2) is 0 Å². The molecule has 2 heterocycles. The van der Waals surface area contributed by atoms with Crippen molar-refractivity contribution in [1.29, 1.82) is 0 Å². The van der Waals surface area contributed by atoms with E-state index in [0.29, 0.717) is 6.42 Å². The quantitative estimate of drug-likeness (QED) is 0.175. The van der Waals surface area contributed by atoms with E-state index < -0.39 is 76.3 Å². The van der Waals surface area contributed by atoms with Crippen LogP contribution in [0, 0.1) is 34.5 Å². The monoisotopic (exact) mass is 676 g/mol. The molecule has 5 N–H and O–H groups in total. The molecular weight excluding hydrogens is 620 g/mol. The summed E-state index contributed by atoms with van der Waals surface area (Å²) in [7, 11) is 0. The van der Waals surface area contributed by atoms with Crippen LogP contribution in [0.5, 0.6) is 0 Å². The second-order valence-electron chi connectivity index (χ2n) is 16.3. The summed E-state index contributed by atoms with van der Waals surface area (Å²) in [5, 5.41) is 8.49. The molecular formula is C34H56N6O8. The van der Waals surface area contributed by atoms with E-state index >= 15 is 0 Å². The summed E-state index contributed by atoms with van der Waals surface area (Å²) in [6.07, 6.45) is 3.12. The first-order chi connectivity index (χ1) is 22.1. The molecule has 0 aromatic heterocycles. The molecule has 7 amide bonds. The molecule has 0 bridgehead atoms. The summed E-state index contributed by atoms with van der Waals surface area (Å²) in [5.41, 5.74) is 3.97. The molecule has 14 heteroatoms. The number of carbonyl (C=O) groups is 7. The van der Waals surface area contributed by atoms with Crippen LogP contribution in [0.4, 0.5) is 4.79 Å². The van der Waals surface area contributed by atoms with Crippen molar-refractivity contribution in [1.82, 2.24) is 25.8 Å². The number of morpholine rings is 1. The van der Waals surface area contributed by atoms with E-state index in [-0.39, 0.29) is 50.0 Å². The van der Waals surface area contributed by atoms with Crippen LogP contribution < -0.4 is 21.7 Å². The fraction of sp³-hybridized carbons (Fsp3) is 0.794. The number of Topliss-reactive ketones (excluding diaryl/α,β-unsaturated/α-hetero) is 1. The fourth-order valence-corrected chi connectivity index (χ4v) is 6.94. The smallest absolute Gasteiger partial charge is 0.315 e. The van der Waals surface area contributed by atoms with E-state index in [1.807, 2.05) is 41.5 Å². The number of amides is 7. The zero-order valence-corrected chi connectivity index (χ0v) is 30.0. The topological polar surface area (TPSA) is 197 Å². The van der Waals surface area contributed by atoms with Crippen molar-refractivity contribution < 1.29 is 38.3 Å². The number of ketones is 1. The lowest BCUT2D eigenvalue weighted by Gasteiger charge is -2.39. The van der Waals surface area contributed by atoms with Gasteiger partial charge in [-0.1, -0.05) is 81.6 Å². The second-order valence-corrected chi connectivity index (χ2v) is 16.3. The number of ether oxygens (including phenoxy) is 1. The van der Waals surface area contributed by atoms with Gasteiger partial charge in [0, 0.05) is 13.1 Å². The van der Waals surface area contributed by atoms with Crippen LogP contribution in [0.2, 0.25) is 0 Å². The lowest BCUT2D eigenvalue weighted by atomic mass is 9.79. The van der Waals surface area contributed by atoms with Crippen LogP contribution in [-0.2, 0) is 33.5 Å². The predicted octanol–water partition coefficient (Wildman–Crippen LogP) is 1.35. The molecule has 1 unspecified atom stereocenters. The molecule has 48 heavy (non-hydrogen) atoms. The van der Waals surface area contributed by atoms with Gasteiger partial charge >= 0.3 is 6.03 Å². The lowest BCUT2D eigenvalue weighted by Crippen LogP contribution is -2.63. The molecule has 0 spiro atoms. The van der Waals surface area contributed by atoms with E-state index in [0.717, 1.165) is 24.2 Å². The molecule has 3 fully saturated rings. The standard InChI is InChI=1S/C34H56N6O8/c1-18(2)25-19(3)14-40(26(25)30(45)36-21(27(43)29(35)44)13-20-11-10-12-20)31(46)28(34(7,8)9)38-32(47)37-22(33(4,5)6)15-39-23(41)16-48-17-24(39)42/h18-22,25-26,28H,10-17H2,1-9H3,(H2,35,44)(H,36,45)(H2,37,38,47)/t19-,21?,22+,25-,26-,28+/m0/s1. The number of imide groups is 1. The van der Waals surface area contributed by atoms with Gasteiger partial charge in [-0.25, -0.2) is 4.79 Å². The van der Waals surface area contributed by atoms with Crippen LogP contribution in [0.1, 0.15) is 88.0 Å². The number of hydrogen-bond acceptors (Lipinski definition) is 8. The lowest BCUT2D eigenvalue weighted by molar-refractivity contribution is -0.159. The number of urea groups is 1. The zero-order chi connectivity index (χ0) is 36.3. The maximum atomic E-state index is 14.5.